The highest BCUT2D eigenvalue weighted by molar-refractivity contribution is 5.59. The Morgan fingerprint density at radius 1 is 1.17 bits per heavy atom. The van der Waals surface area contributed by atoms with Crippen LogP contribution in [0.25, 0.3) is 0 Å². The Balaban J connectivity index is 2.82. The minimum absolute atomic E-state index is 0.905. The van der Waals surface area contributed by atoms with Gasteiger partial charge in [-0.05, 0) is 44.5 Å². The van der Waals surface area contributed by atoms with Crippen molar-refractivity contribution in [2.75, 3.05) is 31.6 Å². The van der Waals surface area contributed by atoms with E-state index in [1.54, 1.807) is 7.11 Å². The van der Waals surface area contributed by atoms with Gasteiger partial charge in [-0.1, -0.05) is 13.0 Å². The number of anilines is 1. The van der Waals surface area contributed by atoms with E-state index in [-0.39, 0.29) is 0 Å². The van der Waals surface area contributed by atoms with E-state index in [1.807, 2.05) is 0 Å². The van der Waals surface area contributed by atoms with Gasteiger partial charge in [-0.25, -0.2) is 0 Å². The first kappa shape index (κ1) is 14.8. The van der Waals surface area contributed by atoms with Crippen molar-refractivity contribution in [3.05, 3.63) is 23.8 Å². The highest BCUT2D eigenvalue weighted by Gasteiger charge is 2.09. The van der Waals surface area contributed by atoms with Gasteiger partial charge in [-0.3, -0.25) is 0 Å². The molecule has 1 rings (SSSR count). The van der Waals surface area contributed by atoms with Crippen LogP contribution in [-0.2, 0) is 6.54 Å². The lowest BCUT2D eigenvalue weighted by atomic mass is 10.1. The monoisotopic (exact) mass is 250 g/mol. The summed E-state index contributed by atoms with van der Waals surface area (Å²) in [6.45, 7) is 10.5. The number of hydrogen-bond acceptors (Lipinski definition) is 3. The molecule has 0 fully saturated rings. The molecule has 0 radical (unpaired) electrons. The van der Waals surface area contributed by atoms with Crippen LogP contribution >= 0.6 is 0 Å². The molecule has 0 aliphatic rings. The van der Waals surface area contributed by atoms with Gasteiger partial charge in [0.15, 0.2) is 0 Å². The van der Waals surface area contributed by atoms with Crippen molar-refractivity contribution < 1.29 is 4.74 Å². The number of rotatable bonds is 8. The van der Waals surface area contributed by atoms with Crippen LogP contribution in [0.4, 0.5) is 5.69 Å². The van der Waals surface area contributed by atoms with Crippen LogP contribution in [0.3, 0.4) is 0 Å². The van der Waals surface area contributed by atoms with Crippen molar-refractivity contribution in [3.8, 4) is 5.75 Å². The lowest BCUT2D eigenvalue weighted by Gasteiger charge is -2.23. The summed E-state index contributed by atoms with van der Waals surface area (Å²) in [4.78, 5) is 2.31. The fourth-order valence-corrected chi connectivity index (χ4v) is 2.07. The summed E-state index contributed by atoms with van der Waals surface area (Å²) in [7, 11) is 1.74. The van der Waals surface area contributed by atoms with E-state index in [1.165, 1.54) is 11.3 Å². The van der Waals surface area contributed by atoms with Crippen LogP contribution in [0, 0.1) is 0 Å². The van der Waals surface area contributed by atoms with Crippen LogP contribution in [-0.4, -0.2) is 26.7 Å². The van der Waals surface area contributed by atoms with Gasteiger partial charge in [0.2, 0.25) is 0 Å². The van der Waals surface area contributed by atoms with Crippen molar-refractivity contribution in [1.82, 2.24) is 5.32 Å². The minimum Gasteiger partial charge on any atom is -0.495 e. The maximum absolute atomic E-state index is 5.51. The van der Waals surface area contributed by atoms with Crippen LogP contribution in [0.5, 0.6) is 5.75 Å². The first-order chi connectivity index (χ1) is 8.76. The second kappa shape index (κ2) is 7.98. The number of hydrogen-bond donors (Lipinski definition) is 1. The fourth-order valence-electron chi connectivity index (χ4n) is 2.07. The molecule has 1 aromatic rings. The van der Waals surface area contributed by atoms with Crippen LogP contribution in [0.1, 0.15) is 32.8 Å². The highest BCUT2D eigenvalue weighted by Crippen LogP contribution is 2.29. The molecule has 0 saturated carbocycles. The van der Waals surface area contributed by atoms with E-state index in [0.29, 0.717) is 0 Å². The summed E-state index contributed by atoms with van der Waals surface area (Å²) < 4.78 is 5.51. The lowest BCUT2D eigenvalue weighted by molar-refractivity contribution is 0.413. The fraction of sp³-hybridized carbons (Fsp3) is 0.600. The van der Waals surface area contributed by atoms with E-state index in [4.69, 9.17) is 4.74 Å². The second-order valence-corrected chi connectivity index (χ2v) is 4.36. The molecule has 0 heterocycles. The van der Waals surface area contributed by atoms with Crippen molar-refractivity contribution in [2.45, 2.75) is 33.7 Å². The third-order valence-corrected chi connectivity index (χ3v) is 3.10. The maximum atomic E-state index is 5.51. The first-order valence-electron chi connectivity index (χ1n) is 6.89. The zero-order valence-corrected chi connectivity index (χ0v) is 12.1. The number of ether oxygens (including phenoxy) is 1. The smallest absolute Gasteiger partial charge is 0.142 e. The third-order valence-electron chi connectivity index (χ3n) is 3.10. The molecule has 102 valence electrons. The predicted octanol–water partition coefficient (Wildman–Crippen LogP) is 3.04. The van der Waals surface area contributed by atoms with Gasteiger partial charge in [-0.15, -0.1) is 0 Å². The summed E-state index contributed by atoms with van der Waals surface area (Å²) in [5.74, 6) is 0.967. The Morgan fingerprint density at radius 3 is 2.44 bits per heavy atom. The third kappa shape index (κ3) is 3.91. The highest BCUT2D eigenvalue weighted by atomic mass is 16.5. The molecule has 0 unspecified atom stereocenters. The van der Waals surface area contributed by atoms with E-state index >= 15 is 0 Å². The van der Waals surface area contributed by atoms with Crippen LogP contribution in [0.2, 0.25) is 0 Å². The molecule has 0 aliphatic heterocycles. The first-order valence-corrected chi connectivity index (χ1v) is 6.89. The molecular weight excluding hydrogens is 224 g/mol. The molecule has 0 aromatic heterocycles. The van der Waals surface area contributed by atoms with E-state index < -0.39 is 0 Å². The average molecular weight is 250 g/mol. The topological polar surface area (TPSA) is 24.5 Å². The summed E-state index contributed by atoms with van der Waals surface area (Å²) in [6.07, 6.45) is 1.16. The molecule has 0 atom stereocenters. The molecular formula is C15H26N2O. The summed E-state index contributed by atoms with van der Waals surface area (Å²) >= 11 is 0. The molecule has 1 aromatic carbocycles. The van der Waals surface area contributed by atoms with Gasteiger partial charge < -0.3 is 15.0 Å². The molecule has 0 bridgehead atoms. The van der Waals surface area contributed by atoms with E-state index in [2.05, 4.69) is 49.2 Å². The summed E-state index contributed by atoms with van der Waals surface area (Å²) in [5.41, 5.74) is 2.46. The Hall–Kier alpha value is -1.22. The molecule has 18 heavy (non-hydrogen) atoms. The average Bonchev–Trinajstić information content (AvgIpc) is 2.41. The quantitative estimate of drug-likeness (QED) is 0.718. The van der Waals surface area contributed by atoms with Gasteiger partial charge in [0.1, 0.15) is 5.75 Å². The molecule has 0 saturated heterocycles. The largest absolute Gasteiger partial charge is 0.495 e. The Labute approximate surface area is 111 Å². The Kier molecular flexibility index (Phi) is 6.58. The minimum atomic E-state index is 0.905. The molecule has 0 spiro atoms. The van der Waals surface area contributed by atoms with Crippen LogP contribution in [0.15, 0.2) is 18.2 Å². The molecule has 0 aliphatic carbocycles. The van der Waals surface area contributed by atoms with Gasteiger partial charge in [0.05, 0.1) is 12.8 Å². The number of benzene rings is 1. The van der Waals surface area contributed by atoms with Gasteiger partial charge in [-0.2, -0.15) is 0 Å². The molecule has 1 N–H and O–H groups in total. The van der Waals surface area contributed by atoms with Crippen molar-refractivity contribution >= 4 is 5.69 Å². The van der Waals surface area contributed by atoms with Crippen LogP contribution < -0.4 is 15.0 Å². The second-order valence-electron chi connectivity index (χ2n) is 4.36. The van der Waals surface area contributed by atoms with Crippen molar-refractivity contribution in [2.24, 2.45) is 0 Å². The van der Waals surface area contributed by atoms with Crippen molar-refractivity contribution in [3.63, 3.8) is 0 Å². The standard InChI is InChI=1S/C15H26N2O/c1-5-10-16-12-13-8-9-14(15(11-13)18-4)17(6-2)7-3/h8-9,11,16H,5-7,10,12H2,1-4H3. The number of nitrogens with one attached hydrogen (secondary N) is 1. The maximum Gasteiger partial charge on any atom is 0.142 e. The normalized spacial score (nSPS) is 10.4. The van der Waals surface area contributed by atoms with E-state index in [9.17, 15) is 0 Å². The SMILES string of the molecule is CCCNCc1ccc(N(CC)CC)c(OC)c1. The Morgan fingerprint density at radius 2 is 1.89 bits per heavy atom. The van der Waals surface area contributed by atoms with Gasteiger partial charge >= 0.3 is 0 Å². The number of nitrogens with zero attached hydrogens (tertiary/aromatic N) is 1. The zero-order chi connectivity index (χ0) is 13.4. The molecule has 3 nitrogen and oxygen atoms in total. The number of methoxy groups -OCH3 is 1. The Bertz CT molecular complexity index is 348. The summed E-state index contributed by atoms with van der Waals surface area (Å²) in [5, 5.41) is 3.41. The van der Waals surface area contributed by atoms with Gasteiger partial charge in [0, 0.05) is 19.6 Å². The molecule has 0 amide bonds. The lowest BCUT2D eigenvalue weighted by Crippen LogP contribution is -2.22. The van der Waals surface area contributed by atoms with Crippen molar-refractivity contribution in [1.29, 1.82) is 0 Å². The summed E-state index contributed by atoms with van der Waals surface area (Å²) in [6, 6.07) is 6.48. The zero-order valence-electron chi connectivity index (χ0n) is 12.1. The molecule has 3 heteroatoms. The van der Waals surface area contributed by atoms with Gasteiger partial charge in [0.25, 0.3) is 0 Å². The predicted molar refractivity (Wildman–Crippen MR) is 78.6 cm³/mol. The van der Waals surface area contributed by atoms with E-state index in [0.717, 1.165) is 38.3 Å².